The molecule has 0 saturated carbocycles. The fourth-order valence-electron chi connectivity index (χ4n) is 1.88. The minimum Gasteiger partial charge on any atom is -0.381 e. The van der Waals surface area contributed by atoms with Crippen molar-refractivity contribution in [2.24, 2.45) is 5.73 Å². The number of halogens is 2. The van der Waals surface area contributed by atoms with Crippen LogP contribution in [0.25, 0.3) is 0 Å². The number of aliphatic hydroxyl groups is 1. The number of aromatic nitrogens is 3. The third kappa shape index (κ3) is 2.61. The molecule has 1 heterocycles. The van der Waals surface area contributed by atoms with Crippen LogP contribution >= 0.6 is 0 Å². The van der Waals surface area contributed by atoms with Gasteiger partial charge >= 0.3 is 0 Å². The molecule has 1 aromatic heterocycles. The van der Waals surface area contributed by atoms with E-state index in [2.05, 4.69) is 10.1 Å². The van der Waals surface area contributed by atoms with Crippen LogP contribution in [0.3, 0.4) is 0 Å². The molecule has 2 rings (SSSR count). The Balaban J connectivity index is 2.43. The van der Waals surface area contributed by atoms with E-state index in [0.717, 1.165) is 6.07 Å². The highest BCUT2D eigenvalue weighted by Gasteiger charge is 2.37. The van der Waals surface area contributed by atoms with E-state index in [-0.39, 0.29) is 12.1 Å². The van der Waals surface area contributed by atoms with Crippen LogP contribution in [0.5, 0.6) is 0 Å². The smallest absolute Gasteiger partial charge is 0.137 e. The molecule has 0 spiro atoms. The normalized spacial score (nSPS) is 16.1. The zero-order valence-corrected chi connectivity index (χ0v) is 10.3. The van der Waals surface area contributed by atoms with Crippen molar-refractivity contribution in [3.63, 3.8) is 0 Å². The predicted octanol–water partition coefficient (Wildman–Crippen LogP) is 0.791. The maximum absolute atomic E-state index is 13.8. The number of benzene rings is 1. The second-order valence-electron chi connectivity index (χ2n) is 4.43. The summed E-state index contributed by atoms with van der Waals surface area (Å²) >= 11 is 0. The Bertz CT molecular complexity index is 559. The van der Waals surface area contributed by atoms with Gasteiger partial charge in [0.1, 0.15) is 29.9 Å². The van der Waals surface area contributed by atoms with Crippen molar-refractivity contribution in [3.8, 4) is 0 Å². The molecule has 0 unspecified atom stereocenters. The van der Waals surface area contributed by atoms with Crippen LogP contribution in [0.4, 0.5) is 8.78 Å². The zero-order valence-electron chi connectivity index (χ0n) is 10.3. The van der Waals surface area contributed by atoms with Crippen molar-refractivity contribution < 1.29 is 13.9 Å². The minimum absolute atomic E-state index is 0.0700. The first kappa shape index (κ1) is 13.6. The van der Waals surface area contributed by atoms with Crippen LogP contribution < -0.4 is 5.73 Å². The molecular weight excluding hydrogens is 254 g/mol. The Morgan fingerprint density at radius 1 is 1.47 bits per heavy atom. The van der Waals surface area contributed by atoms with Crippen LogP contribution in [0, 0.1) is 11.6 Å². The number of hydrogen-bond acceptors (Lipinski definition) is 4. The standard InChI is InChI=1S/C12H14F2N4O/c1-8(15)12(19,5-18-7-16-6-17-18)10-3-2-9(13)4-11(10)14/h2-4,6-8,19H,5,15H2,1H3/t8-,12-/m1/s1. The van der Waals surface area contributed by atoms with Gasteiger partial charge < -0.3 is 10.8 Å². The maximum Gasteiger partial charge on any atom is 0.137 e. The molecule has 0 amide bonds. The van der Waals surface area contributed by atoms with E-state index in [4.69, 9.17) is 5.73 Å². The van der Waals surface area contributed by atoms with Gasteiger partial charge in [0, 0.05) is 17.7 Å². The SMILES string of the molecule is C[C@@H](N)[C@](O)(Cn1cncn1)c1ccc(F)cc1F. The molecule has 0 aliphatic rings. The van der Waals surface area contributed by atoms with E-state index in [9.17, 15) is 13.9 Å². The molecule has 0 radical (unpaired) electrons. The van der Waals surface area contributed by atoms with Gasteiger partial charge in [-0.3, -0.25) is 0 Å². The number of nitrogens with zero attached hydrogens (tertiary/aromatic N) is 3. The molecule has 19 heavy (non-hydrogen) atoms. The van der Waals surface area contributed by atoms with E-state index >= 15 is 0 Å². The molecule has 0 fully saturated rings. The predicted molar refractivity (Wildman–Crippen MR) is 63.9 cm³/mol. The van der Waals surface area contributed by atoms with Crippen LogP contribution in [0.1, 0.15) is 12.5 Å². The van der Waals surface area contributed by atoms with Crippen molar-refractivity contribution in [2.75, 3.05) is 0 Å². The van der Waals surface area contributed by atoms with Gasteiger partial charge in [-0.05, 0) is 13.0 Å². The second kappa shape index (κ2) is 5.02. The van der Waals surface area contributed by atoms with E-state index in [1.165, 1.54) is 23.4 Å². The van der Waals surface area contributed by atoms with E-state index in [0.29, 0.717) is 6.07 Å². The molecule has 102 valence electrons. The van der Waals surface area contributed by atoms with Gasteiger partial charge in [0.15, 0.2) is 0 Å². The Labute approximate surface area is 108 Å². The first-order valence-electron chi connectivity index (χ1n) is 5.69. The van der Waals surface area contributed by atoms with Gasteiger partial charge in [0.05, 0.1) is 6.54 Å². The summed E-state index contributed by atoms with van der Waals surface area (Å²) in [5.74, 6) is -1.56. The lowest BCUT2D eigenvalue weighted by Crippen LogP contribution is -2.47. The van der Waals surface area contributed by atoms with Crippen molar-refractivity contribution in [3.05, 3.63) is 48.1 Å². The van der Waals surface area contributed by atoms with Crippen LogP contribution in [0.2, 0.25) is 0 Å². The van der Waals surface area contributed by atoms with Gasteiger partial charge in [0.2, 0.25) is 0 Å². The third-order valence-electron chi connectivity index (χ3n) is 3.02. The summed E-state index contributed by atoms with van der Waals surface area (Å²) in [4.78, 5) is 3.74. The largest absolute Gasteiger partial charge is 0.381 e. The molecule has 7 heteroatoms. The molecule has 2 atom stereocenters. The summed E-state index contributed by atoms with van der Waals surface area (Å²) in [7, 11) is 0. The molecule has 1 aromatic carbocycles. The fourth-order valence-corrected chi connectivity index (χ4v) is 1.88. The van der Waals surface area contributed by atoms with Crippen molar-refractivity contribution in [2.45, 2.75) is 25.1 Å². The van der Waals surface area contributed by atoms with E-state index < -0.39 is 23.3 Å². The molecule has 0 bridgehead atoms. The first-order chi connectivity index (χ1) is 8.93. The van der Waals surface area contributed by atoms with Gasteiger partial charge in [-0.2, -0.15) is 5.10 Å². The van der Waals surface area contributed by atoms with Crippen molar-refractivity contribution >= 4 is 0 Å². The molecule has 2 aromatic rings. The highest BCUT2D eigenvalue weighted by molar-refractivity contribution is 5.26. The zero-order chi connectivity index (χ0) is 14.0. The maximum atomic E-state index is 13.8. The van der Waals surface area contributed by atoms with E-state index in [1.54, 1.807) is 6.92 Å². The highest BCUT2D eigenvalue weighted by atomic mass is 19.1. The van der Waals surface area contributed by atoms with Crippen LogP contribution in [-0.2, 0) is 12.1 Å². The molecule has 0 aliphatic heterocycles. The van der Waals surface area contributed by atoms with Crippen LogP contribution in [0.15, 0.2) is 30.9 Å². The Morgan fingerprint density at radius 3 is 2.74 bits per heavy atom. The molecular formula is C12H14F2N4O. The topological polar surface area (TPSA) is 77.0 Å². The molecule has 3 N–H and O–H groups in total. The average molecular weight is 268 g/mol. The molecule has 5 nitrogen and oxygen atoms in total. The second-order valence-corrected chi connectivity index (χ2v) is 4.43. The van der Waals surface area contributed by atoms with Crippen molar-refractivity contribution in [1.29, 1.82) is 0 Å². The van der Waals surface area contributed by atoms with Gasteiger partial charge in [-0.1, -0.05) is 6.07 Å². The lowest BCUT2D eigenvalue weighted by Gasteiger charge is -2.32. The number of hydrogen-bond donors (Lipinski definition) is 2. The minimum atomic E-state index is -1.70. The molecule has 0 aliphatic carbocycles. The summed E-state index contributed by atoms with van der Waals surface area (Å²) < 4.78 is 28.1. The Kier molecular flexibility index (Phi) is 3.59. The lowest BCUT2D eigenvalue weighted by molar-refractivity contribution is -0.00856. The Morgan fingerprint density at radius 2 is 2.21 bits per heavy atom. The summed E-state index contributed by atoms with van der Waals surface area (Å²) in [6, 6.07) is 2.19. The quantitative estimate of drug-likeness (QED) is 0.859. The van der Waals surface area contributed by atoms with Gasteiger partial charge in [-0.15, -0.1) is 0 Å². The highest BCUT2D eigenvalue weighted by Crippen LogP contribution is 2.28. The van der Waals surface area contributed by atoms with E-state index in [1.807, 2.05) is 0 Å². The van der Waals surface area contributed by atoms with Crippen LogP contribution in [-0.4, -0.2) is 25.9 Å². The number of rotatable bonds is 4. The monoisotopic (exact) mass is 268 g/mol. The number of nitrogens with two attached hydrogens (primary N) is 1. The summed E-state index contributed by atoms with van der Waals surface area (Å²) in [5, 5.41) is 14.5. The van der Waals surface area contributed by atoms with Gasteiger partial charge in [0.25, 0.3) is 0 Å². The lowest BCUT2D eigenvalue weighted by atomic mass is 9.87. The summed E-state index contributed by atoms with van der Waals surface area (Å²) in [6.45, 7) is 1.47. The summed E-state index contributed by atoms with van der Waals surface area (Å²) in [5.41, 5.74) is 3.98. The first-order valence-corrected chi connectivity index (χ1v) is 5.69. The third-order valence-corrected chi connectivity index (χ3v) is 3.02. The molecule has 0 saturated heterocycles. The average Bonchev–Trinajstić information content (AvgIpc) is 2.81. The summed E-state index contributed by atoms with van der Waals surface area (Å²) in [6.07, 6.45) is 2.68. The van der Waals surface area contributed by atoms with Gasteiger partial charge in [-0.25, -0.2) is 18.4 Å². The Hall–Kier alpha value is -1.86. The van der Waals surface area contributed by atoms with Crippen molar-refractivity contribution in [1.82, 2.24) is 14.8 Å². The fraction of sp³-hybridized carbons (Fsp3) is 0.333.